The fourth-order valence-electron chi connectivity index (χ4n) is 2.50. The first-order valence-electron chi connectivity index (χ1n) is 6.70. The largest absolute Gasteiger partial charge is 0.406 e. The normalized spacial score (nSPS) is 17.1. The van der Waals surface area contributed by atoms with Gasteiger partial charge in [0.15, 0.2) is 0 Å². The number of hydrogen-bond donors (Lipinski definition) is 0. The highest BCUT2D eigenvalue weighted by Crippen LogP contribution is 2.24. The van der Waals surface area contributed by atoms with Gasteiger partial charge in [0.2, 0.25) is 0 Å². The van der Waals surface area contributed by atoms with E-state index >= 15 is 0 Å². The number of alkyl halides is 3. The summed E-state index contributed by atoms with van der Waals surface area (Å²) < 4.78 is 40.4. The van der Waals surface area contributed by atoms with Crippen LogP contribution in [0.5, 0.6) is 0 Å². The maximum absolute atomic E-state index is 12.4. The fourth-order valence-corrected chi connectivity index (χ4v) is 2.50. The summed E-state index contributed by atoms with van der Waals surface area (Å²) in [5.74, 6) is 0.447. The van der Waals surface area contributed by atoms with Crippen LogP contribution in [-0.2, 0) is 13.1 Å². The second-order valence-corrected chi connectivity index (χ2v) is 5.43. The molecule has 114 valence electrons. The molecule has 0 aromatic carbocycles. The molecule has 0 unspecified atom stereocenters. The van der Waals surface area contributed by atoms with Crippen LogP contribution >= 0.6 is 0 Å². The second kappa shape index (κ2) is 5.18. The molecule has 1 aliphatic rings. The zero-order chi connectivity index (χ0) is 15.0. The summed E-state index contributed by atoms with van der Waals surface area (Å²) in [7, 11) is 0. The first kappa shape index (κ1) is 14.1. The molecule has 5 nitrogen and oxygen atoms in total. The highest BCUT2D eigenvalue weighted by molar-refractivity contribution is 5.03. The molecule has 0 bridgehead atoms. The number of aryl methyl sites for hydroxylation is 1. The number of likely N-dealkylation sites (tertiary alicyclic amines) is 1. The van der Waals surface area contributed by atoms with Gasteiger partial charge < -0.3 is 4.57 Å². The molecule has 0 saturated carbocycles. The molecule has 21 heavy (non-hydrogen) atoms. The SMILES string of the molecule is Cc1cnn(C2CN(Cc3nccn3CC(F)(F)F)C2)c1. The predicted molar refractivity (Wildman–Crippen MR) is 69.6 cm³/mol. The minimum atomic E-state index is -4.22. The average Bonchev–Trinajstić information content (AvgIpc) is 2.91. The molecule has 1 saturated heterocycles. The molecule has 0 amide bonds. The lowest BCUT2D eigenvalue weighted by atomic mass is 10.1. The van der Waals surface area contributed by atoms with E-state index in [1.807, 2.05) is 17.8 Å². The van der Waals surface area contributed by atoms with Gasteiger partial charge >= 0.3 is 6.18 Å². The summed E-state index contributed by atoms with van der Waals surface area (Å²) in [4.78, 5) is 6.09. The van der Waals surface area contributed by atoms with Crippen LogP contribution in [0, 0.1) is 6.92 Å². The lowest BCUT2D eigenvalue weighted by molar-refractivity contribution is -0.141. The monoisotopic (exact) mass is 299 g/mol. The third-order valence-corrected chi connectivity index (χ3v) is 3.56. The number of hydrogen-bond acceptors (Lipinski definition) is 3. The minimum Gasteiger partial charge on any atom is -0.325 e. The maximum atomic E-state index is 12.4. The van der Waals surface area contributed by atoms with Gasteiger partial charge in [-0.2, -0.15) is 18.3 Å². The highest BCUT2D eigenvalue weighted by atomic mass is 19.4. The van der Waals surface area contributed by atoms with Gasteiger partial charge in [-0.25, -0.2) is 4.98 Å². The average molecular weight is 299 g/mol. The number of aromatic nitrogens is 4. The molecule has 0 spiro atoms. The van der Waals surface area contributed by atoms with Crippen LogP contribution in [0.15, 0.2) is 24.8 Å². The summed E-state index contributed by atoms with van der Waals surface area (Å²) in [5.41, 5.74) is 1.11. The molecule has 0 N–H and O–H groups in total. The Morgan fingerprint density at radius 2 is 2.10 bits per heavy atom. The van der Waals surface area contributed by atoms with E-state index in [-0.39, 0.29) is 0 Å². The first-order valence-corrected chi connectivity index (χ1v) is 6.70. The van der Waals surface area contributed by atoms with E-state index in [2.05, 4.69) is 15.0 Å². The van der Waals surface area contributed by atoms with Crippen molar-refractivity contribution in [1.82, 2.24) is 24.2 Å². The molecule has 8 heteroatoms. The molecule has 2 aromatic rings. The molecule has 3 rings (SSSR count). The molecular weight excluding hydrogens is 283 g/mol. The third-order valence-electron chi connectivity index (χ3n) is 3.56. The van der Waals surface area contributed by atoms with Gasteiger partial charge in [0, 0.05) is 31.7 Å². The minimum absolute atomic E-state index is 0.296. The van der Waals surface area contributed by atoms with Crippen LogP contribution in [0.1, 0.15) is 17.4 Å². The quantitative estimate of drug-likeness (QED) is 0.867. The van der Waals surface area contributed by atoms with E-state index in [1.54, 1.807) is 6.20 Å². The second-order valence-electron chi connectivity index (χ2n) is 5.43. The van der Waals surface area contributed by atoms with E-state index in [0.717, 1.165) is 23.2 Å². The third kappa shape index (κ3) is 3.26. The summed E-state index contributed by atoms with van der Waals surface area (Å²) in [6, 6.07) is 0.296. The lowest BCUT2D eigenvalue weighted by Gasteiger charge is -2.38. The topological polar surface area (TPSA) is 38.9 Å². The van der Waals surface area contributed by atoms with Crippen LogP contribution in [-0.4, -0.2) is 43.5 Å². The van der Waals surface area contributed by atoms with Gasteiger partial charge in [-0.05, 0) is 12.5 Å². The summed E-state index contributed by atoms with van der Waals surface area (Å²) in [6.07, 6.45) is 2.34. The van der Waals surface area contributed by atoms with Crippen molar-refractivity contribution in [2.75, 3.05) is 13.1 Å². The fraction of sp³-hybridized carbons (Fsp3) is 0.538. The van der Waals surface area contributed by atoms with Crippen LogP contribution in [0.3, 0.4) is 0 Å². The van der Waals surface area contributed by atoms with Crippen LogP contribution in [0.4, 0.5) is 13.2 Å². The number of nitrogens with zero attached hydrogens (tertiary/aromatic N) is 5. The Bertz CT molecular complexity index is 609. The summed E-state index contributed by atoms with van der Waals surface area (Å²) in [6.45, 7) is 2.98. The summed E-state index contributed by atoms with van der Waals surface area (Å²) in [5, 5.41) is 4.26. The van der Waals surface area contributed by atoms with Crippen LogP contribution < -0.4 is 0 Å². The van der Waals surface area contributed by atoms with E-state index in [4.69, 9.17) is 0 Å². The molecule has 0 atom stereocenters. The van der Waals surface area contributed by atoms with Crippen molar-refractivity contribution < 1.29 is 13.2 Å². The maximum Gasteiger partial charge on any atom is 0.406 e. The van der Waals surface area contributed by atoms with Crippen molar-refractivity contribution in [3.63, 3.8) is 0 Å². The Labute approximate surface area is 120 Å². The molecule has 1 aliphatic heterocycles. The molecular formula is C13H16F3N5. The Balaban J connectivity index is 1.56. The zero-order valence-electron chi connectivity index (χ0n) is 11.6. The predicted octanol–water partition coefficient (Wildman–Crippen LogP) is 2.01. The van der Waals surface area contributed by atoms with Gasteiger partial charge in [0.05, 0.1) is 18.8 Å². The Morgan fingerprint density at radius 3 is 2.71 bits per heavy atom. The Kier molecular flexibility index (Phi) is 3.48. The highest BCUT2D eigenvalue weighted by Gasteiger charge is 2.32. The molecule has 0 radical (unpaired) electrons. The van der Waals surface area contributed by atoms with Gasteiger partial charge in [-0.15, -0.1) is 0 Å². The number of imidazole rings is 1. The van der Waals surface area contributed by atoms with Gasteiger partial charge in [0.1, 0.15) is 12.4 Å². The number of halogens is 3. The lowest BCUT2D eigenvalue weighted by Crippen LogP contribution is -2.47. The number of rotatable bonds is 4. The Hall–Kier alpha value is -1.83. The van der Waals surface area contributed by atoms with Crippen molar-refractivity contribution in [3.8, 4) is 0 Å². The first-order chi connectivity index (χ1) is 9.90. The van der Waals surface area contributed by atoms with Crippen molar-refractivity contribution in [2.24, 2.45) is 0 Å². The molecule has 2 aromatic heterocycles. The molecule has 0 aliphatic carbocycles. The van der Waals surface area contributed by atoms with Gasteiger partial charge in [-0.3, -0.25) is 9.58 Å². The van der Waals surface area contributed by atoms with Gasteiger partial charge in [-0.1, -0.05) is 0 Å². The van der Waals surface area contributed by atoms with E-state index < -0.39 is 12.7 Å². The van der Waals surface area contributed by atoms with Crippen molar-refractivity contribution in [3.05, 3.63) is 36.2 Å². The Morgan fingerprint density at radius 1 is 1.33 bits per heavy atom. The van der Waals surface area contributed by atoms with Gasteiger partial charge in [0.25, 0.3) is 0 Å². The van der Waals surface area contributed by atoms with E-state index in [0.29, 0.717) is 18.4 Å². The van der Waals surface area contributed by atoms with Crippen molar-refractivity contribution in [1.29, 1.82) is 0 Å². The van der Waals surface area contributed by atoms with E-state index in [9.17, 15) is 13.2 Å². The van der Waals surface area contributed by atoms with Crippen molar-refractivity contribution >= 4 is 0 Å². The molecule has 3 heterocycles. The zero-order valence-corrected chi connectivity index (χ0v) is 11.6. The van der Waals surface area contributed by atoms with Crippen LogP contribution in [0.25, 0.3) is 0 Å². The van der Waals surface area contributed by atoms with Crippen LogP contribution in [0.2, 0.25) is 0 Å². The molecule has 1 fully saturated rings. The van der Waals surface area contributed by atoms with Crippen molar-refractivity contribution in [2.45, 2.75) is 32.2 Å². The summed E-state index contributed by atoms with van der Waals surface area (Å²) >= 11 is 0. The standard InChI is InChI=1S/C13H16F3N5/c1-10-4-18-21(5-10)11-6-19(7-11)8-12-17-2-3-20(12)9-13(14,15)16/h2-5,11H,6-9H2,1H3. The van der Waals surface area contributed by atoms with E-state index in [1.165, 1.54) is 12.4 Å². The smallest absolute Gasteiger partial charge is 0.325 e.